The van der Waals surface area contributed by atoms with Gasteiger partial charge in [0.2, 0.25) is 0 Å². The lowest BCUT2D eigenvalue weighted by Gasteiger charge is -2.10. The van der Waals surface area contributed by atoms with Gasteiger partial charge in [-0.1, -0.05) is 47.2 Å². The molecule has 0 unspecified atom stereocenters. The smallest absolute Gasteiger partial charge is 0.117 e. The number of hydrogen-bond donors (Lipinski definition) is 1. The zero-order valence-corrected chi connectivity index (χ0v) is 12.1. The van der Waals surface area contributed by atoms with Crippen molar-refractivity contribution in [3.63, 3.8) is 0 Å². The molecule has 0 fully saturated rings. The minimum absolute atomic E-state index is 0.130. The fourth-order valence-electron chi connectivity index (χ4n) is 2.47. The quantitative estimate of drug-likeness (QED) is 0.801. The van der Waals surface area contributed by atoms with Crippen molar-refractivity contribution in [2.75, 3.05) is 0 Å². The van der Waals surface area contributed by atoms with E-state index < -0.39 is 0 Å². The van der Waals surface area contributed by atoms with E-state index in [1.54, 1.807) is 4.68 Å². The van der Waals surface area contributed by atoms with Crippen LogP contribution < -0.4 is 0 Å². The van der Waals surface area contributed by atoms with E-state index >= 15 is 0 Å². The van der Waals surface area contributed by atoms with Crippen molar-refractivity contribution in [3.8, 4) is 16.9 Å². The minimum atomic E-state index is -0.130. The van der Waals surface area contributed by atoms with Crippen LogP contribution in [0.1, 0.15) is 16.8 Å². The van der Waals surface area contributed by atoms with E-state index in [1.807, 2.05) is 56.3 Å². The molecule has 106 valence electrons. The summed E-state index contributed by atoms with van der Waals surface area (Å²) in [4.78, 5) is 0. The summed E-state index contributed by atoms with van der Waals surface area (Å²) in [6.07, 6.45) is 0. The topological polar surface area (TPSA) is 50.9 Å². The van der Waals surface area contributed by atoms with Crippen molar-refractivity contribution >= 4 is 0 Å². The summed E-state index contributed by atoms with van der Waals surface area (Å²) >= 11 is 0. The molecule has 0 atom stereocenters. The van der Waals surface area contributed by atoms with Gasteiger partial charge in [-0.15, -0.1) is 5.10 Å². The number of nitrogens with zero attached hydrogens (tertiary/aromatic N) is 3. The first kappa shape index (κ1) is 13.5. The molecule has 21 heavy (non-hydrogen) atoms. The first-order valence-corrected chi connectivity index (χ1v) is 6.89. The van der Waals surface area contributed by atoms with Crippen molar-refractivity contribution in [2.45, 2.75) is 20.5 Å². The highest BCUT2D eigenvalue weighted by Gasteiger charge is 2.16. The number of aryl methyl sites for hydroxylation is 2. The summed E-state index contributed by atoms with van der Waals surface area (Å²) in [5.41, 5.74) is 5.68. The van der Waals surface area contributed by atoms with E-state index in [1.165, 1.54) is 0 Å². The third-order valence-electron chi connectivity index (χ3n) is 3.52. The average Bonchev–Trinajstić information content (AvgIpc) is 2.91. The Labute approximate surface area is 123 Å². The van der Waals surface area contributed by atoms with E-state index in [9.17, 15) is 5.11 Å². The molecule has 2 aromatic carbocycles. The average molecular weight is 279 g/mol. The van der Waals surface area contributed by atoms with Crippen molar-refractivity contribution in [2.24, 2.45) is 0 Å². The van der Waals surface area contributed by atoms with Crippen LogP contribution in [0.2, 0.25) is 0 Å². The van der Waals surface area contributed by atoms with Crippen LogP contribution in [0.5, 0.6) is 0 Å². The molecule has 0 bridgehead atoms. The molecule has 4 heteroatoms. The maximum absolute atomic E-state index is 9.56. The molecule has 1 aromatic heterocycles. The lowest BCUT2D eigenvalue weighted by molar-refractivity contribution is 0.277. The van der Waals surface area contributed by atoms with Crippen LogP contribution in [0.15, 0.2) is 48.5 Å². The van der Waals surface area contributed by atoms with Gasteiger partial charge in [0.15, 0.2) is 0 Å². The van der Waals surface area contributed by atoms with Gasteiger partial charge in [0.1, 0.15) is 11.4 Å². The van der Waals surface area contributed by atoms with Crippen LogP contribution >= 0.6 is 0 Å². The van der Waals surface area contributed by atoms with Gasteiger partial charge in [-0.25, -0.2) is 4.68 Å². The lowest BCUT2D eigenvalue weighted by atomic mass is 10.1. The zero-order chi connectivity index (χ0) is 14.8. The molecule has 0 amide bonds. The Morgan fingerprint density at radius 2 is 1.86 bits per heavy atom. The molecular weight excluding hydrogens is 262 g/mol. The van der Waals surface area contributed by atoms with Gasteiger partial charge in [-0.2, -0.15) is 0 Å². The highest BCUT2D eigenvalue weighted by Crippen LogP contribution is 2.27. The van der Waals surface area contributed by atoms with Crippen molar-refractivity contribution < 1.29 is 5.11 Å². The van der Waals surface area contributed by atoms with Gasteiger partial charge in [0.05, 0.1) is 12.3 Å². The maximum Gasteiger partial charge on any atom is 0.117 e. The van der Waals surface area contributed by atoms with Crippen LogP contribution in [0, 0.1) is 13.8 Å². The van der Waals surface area contributed by atoms with Gasteiger partial charge in [0, 0.05) is 5.56 Å². The van der Waals surface area contributed by atoms with Gasteiger partial charge in [0.25, 0.3) is 0 Å². The molecule has 0 saturated heterocycles. The second kappa shape index (κ2) is 5.50. The van der Waals surface area contributed by atoms with Crippen LogP contribution in [-0.2, 0) is 6.61 Å². The highest BCUT2D eigenvalue weighted by atomic mass is 16.3. The Hall–Kier alpha value is -2.46. The molecule has 0 aliphatic heterocycles. The van der Waals surface area contributed by atoms with Crippen molar-refractivity contribution in [1.29, 1.82) is 0 Å². The van der Waals surface area contributed by atoms with E-state index in [0.717, 1.165) is 28.1 Å². The first-order valence-electron chi connectivity index (χ1n) is 6.89. The molecular formula is C17H17N3O. The fourth-order valence-corrected chi connectivity index (χ4v) is 2.47. The summed E-state index contributed by atoms with van der Waals surface area (Å²) in [7, 11) is 0. The number of para-hydroxylation sites is 1. The monoisotopic (exact) mass is 279 g/mol. The van der Waals surface area contributed by atoms with Crippen molar-refractivity contribution in [3.05, 3.63) is 65.4 Å². The second-order valence-corrected chi connectivity index (χ2v) is 5.11. The molecule has 0 spiro atoms. The Morgan fingerprint density at radius 1 is 1.05 bits per heavy atom. The standard InChI is InChI=1S/C17H17N3O/c1-12-6-5-8-14(10-12)17-15(11-21)18-19-20(17)16-9-4-3-7-13(16)2/h3-10,21H,11H2,1-2H3. The summed E-state index contributed by atoms with van der Waals surface area (Å²) in [6, 6.07) is 16.1. The Bertz CT molecular complexity index is 777. The summed E-state index contributed by atoms with van der Waals surface area (Å²) in [6.45, 7) is 3.95. The molecule has 3 aromatic rings. The van der Waals surface area contributed by atoms with Gasteiger partial charge >= 0.3 is 0 Å². The summed E-state index contributed by atoms with van der Waals surface area (Å²) < 4.78 is 1.80. The minimum Gasteiger partial charge on any atom is -0.390 e. The Balaban J connectivity index is 2.24. The number of benzene rings is 2. The number of aliphatic hydroxyl groups is 1. The second-order valence-electron chi connectivity index (χ2n) is 5.11. The van der Waals surface area contributed by atoms with Gasteiger partial charge < -0.3 is 5.11 Å². The fraction of sp³-hybridized carbons (Fsp3) is 0.176. The highest BCUT2D eigenvalue weighted by molar-refractivity contribution is 5.65. The molecule has 3 rings (SSSR count). The van der Waals surface area contributed by atoms with E-state index in [-0.39, 0.29) is 6.61 Å². The van der Waals surface area contributed by atoms with Gasteiger partial charge in [-0.3, -0.25) is 0 Å². The predicted molar refractivity (Wildman–Crippen MR) is 82.2 cm³/mol. The number of hydrogen-bond acceptors (Lipinski definition) is 3. The van der Waals surface area contributed by atoms with Crippen molar-refractivity contribution in [1.82, 2.24) is 15.0 Å². The molecule has 1 heterocycles. The summed E-state index contributed by atoms with van der Waals surface area (Å²) in [5.74, 6) is 0. The number of rotatable bonds is 3. The van der Waals surface area contributed by atoms with E-state index in [2.05, 4.69) is 16.4 Å². The van der Waals surface area contributed by atoms with Crippen LogP contribution in [0.4, 0.5) is 0 Å². The Kier molecular flexibility index (Phi) is 3.54. The van der Waals surface area contributed by atoms with E-state index in [4.69, 9.17) is 0 Å². The third kappa shape index (κ3) is 2.45. The maximum atomic E-state index is 9.56. The third-order valence-corrected chi connectivity index (χ3v) is 3.52. The van der Waals surface area contributed by atoms with Gasteiger partial charge in [-0.05, 0) is 31.5 Å². The van der Waals surface area contributed by atoms with Crippen LogP contribution in [0.25, 0.3) is 16.9 Å². The molecule has 0 aliphatic rings. The molecule has 0 saturated carbocycles. The predicted octanol–water partition coefficient (Wildman–Crippen LogP) is 3.04. The number of aliphatic hydroxyl groups excluding tert-OH is 1. The number of aromatic nitrogens is 3. The van der Waals surface area contributed by atoms with Crippen LogP contribution in [0.3, 0.4) is 0 Å². The normalized spacial score (nSPS) is 10.8. The molecule has 4 nitrogen and oxygen atoms in total. The molecule has 1 N–H and O–H groups in total. The Morgan fingerprint density at radius 3 is 2.57 bits per heavy atom. The largest absolute Gasteiger partial charge is 0.390 e. The van der Waals surface area contributed by atoms with E-state index in [0.29, 0.717) is 5.69 Å². The van der Waals surface area contributed by atoms with Crippen LogP contribution in [-0.4, -0.2) is 20.1 Å². The zero-order valence-electron chi connectivity index (χ0n) is 12.1. The SMILES string of the molecule is Cc1cccc(-c2c(CO)nnn2-c2ccccc2C)c1. The first-order chi connectivity index (χ1) is 10.2. The lowest BCUT2D eigenvalue weighted by Crippen LogP contribution is -2.02. The molecule has 0 radical (unpaired) electrons. The summed E-state index contributed by atoms with van der Waals surface area (Å²) in [5, 5.41) is 17.9. The molecule has 0 aliphatic carbocycles.